The average molecular weight is 313 g/mol. The minimum absolute atomic E-state index is 0.279. The molecule has 1 aromatic rings. The molecule has 1 fully saturated rings. The number of aliphatic carboxylic acids is 1. The lowest BCUT2D eigenvalue weighted by Gasteiger charge is -2.21. The van der Waals surface area contributed by atoms with Gasteiger partial charge in [0.1, 0.15) is 6.04 Å². The van der Waals surface area contributed by atoms with Gasteiger partial charge in [-0.05, 0) is 47.0 Å². The molecule has 1 atom stereocenters. The summed E-state index contributed by atoms with van der Waals surface area (Å²) in [5, 5.41) is 9.05. The quantitative estimate of drug-likeness (QED) is 0.814. The smallest absolute Gasteiger partial charge is 0.326 e. The number of amides is 1. The van der Waals surface area contributed by atoms with Crippen LogP contribution >= 0.6 is 15.9 Å². The monoisotopic (exact) mass is 312 g/mol. The van der Waals surface area contributed by atoms with Crippen LogP contribution in [-0.2, 0) is 4.79 Å². The van der Waals surface area contributed by atoms with E-state index in [4.69, 9.17) is 10.8 Å². The van der Waals surface area contributed by atoms with E-state index < -0.39 is 12.0 Å². The lowest BCUT2D eigenvalue weighted by atomic mass is 10.1. The summed E-state index contributed by atoms with van der Waals surface area (Å²) in [6, 6.07) is 4.17. The summed E-state index contributed by atoms with van der Waals surface area (Å²) < 4.78 is 0.718. The standard InChI is InChI=1S/C12H13BrN2O3/c13-8-4-3-7(6-9(8)14)11(16)15-5-1-2-10(15)12(17)18/h3-4,6,10H,1-2,5,14H2,(H,17,18). The van der Waals surface area contributed by atoms with Crippen LogP contribution in [0.15, 0.2) is 22.7 Å². The molecule has 2 rings (SSSR count). The molecule has 1 aliphatic heterocycles. The third-order valence-corrected chi connectivity index (χ3v) is 3.76. The minimum Gasteiger partial charge on any atom is -0.480 e. The fraction of sp³-hybridized carbons (Fsp3) is 0.333. The van der Waals surface area contributed by atoms with Gasteiger partial charge in [0.25, 0.3) is 5.91 Å². The molecule has 0 spiro atoms. The van der Waals surface area contributed by atoms with Crippen LogP contribution in [-0.4, -0.2) is 34.5 Å². The number of anilines is 1. The zero-order valence-corrected chi connectivity index (χ0v) is 11.2. The van der Waals surface area contributed by atoms with E-state index >= 15 is 0 Å². The van der Waals surface area contributed by atoms with E-state index in [0.29, 0.717) is 30.6 Å². The third-order valence-electron chi connectivity index (χ3n) is 3.04. The summed E-state index contributed by atoms with van der Waals surface area (Å²) in [6.45, 7) is 0.478. The number of likely N-dealkylation sites (tertiary alicyclic amines) is 1. The summed E-state index contributed by atoms with van der Waals surface area (Å²) >= 11 is 3.25. The molecule has 0 saturated carbocycles. The first kappa shape index (κ1) is 12.9. The van der Waals surface area contributed by atoms with E-state index in [-0.39, 0.29) is 5.91 Å². The molecule has 0 radical (unpaired) electrons. The van der Waals surface area contributed by atoms with Crippen LogP contribution < -0.4 is 5.73 Å². The Balaban J connectivity index is 2.25. The zero-order valence-electron chi connectivity index (χ0n) is 9.60. The van der Waals surface area contributed by atoms with Crippen molar-refractivity contribution in [1.29, 1.82) is 0 Å². The van der Waals surface area contributed by atoms with Gasteiger partial charge in [0.05, 0.1) is 0 Å². The molecule has 0 bridgehead atoms. The predicted molar refractivity (Wildman–Crippen MR) is 70.2 cm³/mol. The van der Waals surface area contributed by atoms with Crippen molar-refractivity contribution in [2.75, 3.05) is 12.3 Å². The second-order valence-electron chi connectivity index (χ2n) is 4.23. The molecule has 18 heavy (non-hydrogen) atoms. The van der Waals surface area contributed by atoms with E-state index in [0.717, 1.165) is 4.47 Å². The Morgan fingerprint density at radius 2 is 2.17 bits per heavy atom. The van der Waals surface area contributed by atoms with E-state index in [1.165, 1.54) is 4.90 Å². The first-order valence-corrected chi connectivity index (χ1v) is 6.39. The molecule has 96 valence electrons. The van der Waals surface area contributed by atoms with Crippen molar-refractivity contribution in [2.45, 2.75) is 18.9 Å². The number of benzene rings is 1. The largest absolute Gasteiger partial charge is 0.480 e. The van der Waals surface area contributed by atoms with Gasteiger partial charge in [0.2, 0.25) is 0 Å². The summed E-state index contributed by atoms with van der Waals surface area (Å²) in [7, 11) is 0. The van der Waals surface area contributed by atoms with Gasteiger partial charge in [0.15, 0.2) is 0 Å². The number of rotatable bonds is 2. The van der Waals surface area contributed by atoms with E-state index in [1.807, 2.05) is 0 Å². The van der Waals surface area contributed by atoms with Crippen molar-refractivity contribution in [3.63, 3.8) is 0 Å². The fourth-order valence-electron chi connectivity index (χ4n) is 2.11. The van der Waals surface area contributed by atoms with Crippen LogP contribution in [0.3, 0.4) is 0 Å². The first-order valence-electron chi connectivity index (χ1n) is 5.59. The Morgan fingerprint density at radius 1 is 1.44 bits per heavy atom. The number of carboxylic acid groups (broad SMARTS) is 1. The Hall–Kier alpha value is -1.56. The number of carbonyl (C=O) groups excluding carboxylic acids is 1. The number of carbonyl (C=O) groups is 2. The van der Waals surface area contributed by atoms with Gasteiger partial charge in [-0.2, -0.15) is 0 Å². The zero-order chi connectivity index (χ0) is 13.3. The topological polar surface area (TPSA) is 83.6 Å². The molecule has 1 amide bonds. The summed E-state index contributed by atoms with van der Waals surface area (Å²) in [6.07, 6.45) is 1.22. The molecule has 0 aliphatic carbocycles. The van der Waals surface area contributed by atoms with Crippen molar-refractivity contribution in [3.8, 4) is 0 Å². The van der Waals surface area contributed by atoms with Crippen molar-refractivity contribution >= 4 is 33.5 Å². The van der Waals surface area contributed by atoms with Crippen molar-refractivity contribution < 1.29 is 14.7 Å². The van der Waals surface area contributed by atoms with Gasteiger partial charge < -0.3 is 15.7 Å². The molecule has 3 N–H and O–H groups in total. The molecule has 1 heterocycles. The molecule has 0 aromatic heterocycles. The van der Waals surface area contributed by atoms with Crippen LogP contribution in [0.1, 0.15) is 23.2 Å². The highest BCUT2D eigenvalue weighted by atomic mass is 79.9. The molecule has 5 nitrogen and oxygen atoms in total. The molecular weight excluding hydrogens is 300 g/mol. The highest BCUT2D eigenvalue weighted by Gasteiger charge is 2.34. The number of nitrogens with zero attached hydrogens (tertiary/aromatic N) is 1. The van der Waals surface area contributed by atoms with Gasteiger partial charge in [-0.1, -0.05) is 0 Å². The van der Waals surface area contributed by atoms with Gasteiger partial charge in [-0.3, -0.25) is 4.79 Å². The Labute approximate surface area is 113 Å². The van der Waals surface area contributed by atoms with Crippen LogP contribution in [0, 0.1) is 0 Å². The highest BCUT2D eigenvalue weighted by molar-refractivity contribution is 9.10. The predicted octanol–water partition coefficient (Wildman–Crippen LogP) is 1.72. The van der Waals surface area contributed by atoms with Crippen molar-refractivity contribution in [2.24, 2.45) is 0 Å². The van der Waals surface area contributed by atoms with Crippen LogP contribution in [0.25, 0.3) is 0 Å². The molecular formula is C12H13BrN2O3. The number of nitrogens with two attached hydrogens (primary N) is 1. The van der Waals surface area contributed by atoms with Gasteiger partial charge >= 0.3 is 5.97 Å². The third kappa shape index (κ3) is 2.33. The number of carboxylic acids is 1. The van der Waals surface area contributed by atoms with Crippen LogP contribution in [0.4, 0.5) is 5.69 Å². The maximum Gasteiger partial charge on any atom is 0.326 e. The summed E-state index contributed by atoms with van der Waals surface area (Å²) in [5.74, 6) is -1.23. The van der Waals surface area contributed by atoms with E-state index in [9.17, 15) is 9.59 Å². The maximum atomic E-state index is 12.2. The van der Waals surface area contributed by atoms with Crippen LogP contribution in [0.5, 0.6) is 0 Å². The second kappa shape index (κ2) is 4.97. The number of hydrogen-bond acceptors (Lipinski definition) is 3. The summed E-state index contributed by atoms with van der Waals surface area (Å²) in [4.78, 5) is 24.7. The Morgan fingerprint density at radius 3 is 2.78 bits per heavy atom. The molecule has 6 heteroatoms. The lowest BCUT2D eigenvalue weighted by Crippen LogP contribution is -2.40. The van der Waals surface area contributed by atoms with Crippen molar-refractivity contribution in [3.05, 3.63) is 28.2 Å². The van der Waals surface area contributed by atoms with Gasteiger partial charge in [-0.15, -0.1) is 0 Å². The maximum absolute atomic E-state index is 12.2. The van der Waals surface area contributed by atoms with Crippen LogP contribution in [0.2, 0.25) is 0 Å². The lowest BCUT2D eigenvalue weighted by molar-refractivity contribution is -0.141. The summed E-state index contributed by atoms with van der Waals surface area (Å²) in [5.41, 5.74) is 6.60. The molecule has 1 aliphatic rings. The first-order chi connectivity index (χ1) is 8.50. The SMILES string of the molecule is Nc1cc(C(=O)N2CCCC2C(=O)O)ccc1Br. The van der Waals surface area contributed by atoms with Gasteiger partial charge in [0, 0.05) is 22.3 Å². The van der Waals surface area contributed by atoms with Crippen molar-refractivity contribution in [1.82, 2.24) is 4.90 Å². The highest BCUT2D eigenvalue weighted by Crippen LogP contribution is 2.24. The van der Waals surface area contributed by atoms with Gasteiger partial charge in [-0.25, -0.2) is 4.79 Å². The fourth-order valence-corrected chi connectivity index (χ4v) is 2.36. The second-order valence-corrected chi connectivity index (χ2v) is 5.09. The molecule has 1 unspecified atom stereocenters. The average Bonchev–Trinajstić information content (AvgIpc) is 2.81. The van der Waals surface area contributed by atoms with E-state index in [1.54, 1.807) is 18.2 Å². The molecule has 1 aromatic carbocycles. The minimum atomic E-state index is -0.953. The number of halogens is 1. The Kier molecular flexibility index (Phi) is 3.56. The normalized spacial score (nSPS) is 18.9. The number of nitrogen functional groups attached to an aromatic ring is 1. The Bertz CT molecular complexity index is 504. The number of hydrogen-bond donors (Lipinski definition) is 2. The molecule has 1 saturated heterocycles. The van der Waals surface area contributed by atoms with E-state index in [2.05, 4.69) is 15.9 Å².